The lowest BCUT2D eigenvalue weighted by Crippen LogP contribution is -2.22. The number of alkyl halides is 2. The van der Waals surface area contributed by atoms with Gasteiger partial charge in [0.05, 0.1) is 0 Å². The van der Waals surface area contributed by atoms with Crippen LogP contribution in [0.25, 0.3) is 0 Å². The molecule has 0 heterocycles. The van der Waals surface area contributed by atoms with E-state index in [0.29, 0.717) is 11.1 Å². The van der Waals surface area contributed by atoms with E-state index in [1.165, 1.54) is 0 Å². The average Bonchev–Trinajstić information content (AvgIpc) is 2.15. The van der Waals surface area contributed by atoms with E-state index in [9.17, 15) is 8.78 Å². The van der Waals surface area contributed by atoms with Gasteiger partial charge in [-0.3, -0.25) is 0 Å². The number of benzene rings is 1. The Bertz CT molecular complexity index is 357. The third-order valence-corrected chi connectivity index (χ3v) is 2.93. The Kier molecular flexibility index (Phi) is 3.14. The Hall–Kier alpha value is -0.960. The van der Waals surface area contributed by atoms with Gasteiger partial charge in [-0.25, -0.2) is 0 Å². The minimum absolute atomic E-state index is 0.0255. The SMILES string of the molecule is Cc1cc(C)c(C)c(C(F)(F)CO)c1C. The number of halogens is 2. The largest absolute Gasteiger partial charge is 0.390 e. The fourth-order valence-electron chi connectivity index (χ4n) is 1.84. The van der Waals surface area contributed by atoms with Gasteiger partial charge in [0.1, 0.15) is 6.61 Å². The summed E-state index contributed by atoms with van der Waals surface area (Å²) in [6.45, 7) is 5.80. The maximum atomic E-state index is 13.5. The van der Waals surface area contributed by atoms with Crippen molar-refractivity contribution >= 4 is 0 Å². The predicted octanol–water partition coefficient (Wildman–Crippen LogP) is 3.00. The Morgan fingerprint density at radius 2 is 1.47 bits per heavy atom. The molecule has 3 heteroatoms. The second-order valence-corrected chi connectivity index (χ2v) is 4.00. The van der Waals surface area contributed by atoms with Crippen LogP contribution in [0.1, 0.15) is 27.8 Å². The van der Waals surface area contributed by atoms with Gasteiger partial charge in [-0.1, -0.05) is 6.07 Å². The average molecular weight is 214 g/mol. The Labute approximate surface area is 88.7 Å². The van der Waals surface area contributed by atoms with Crippen LogP contribution in [0.3, 0.4) is 0 Å². The van der Waals surface area contributed by atoms with Gasteiger partial charge in [-0.15, -0.1) is 0 Å². The lowest BCUT2D eigenvalue weighted by molar-refractivity contribution is -0.0566. The number of aliphatic hydroxyl groups excluding tert-OH is 1. The molecule has 84 valence electrons. The van der Waals surface area contributed by atoms with Crippen molar-refractivity contribution < 1.29 is 13.9 Å². The van der Waals surface area contributed by atoms with Gasteiger partial charge in [-0.2, -0.15) is 8.78 Å². The van der Waals surface area contributed by atoms with Gasteiger partial charge in [-0.05, 0) is 49.9 Å². The molecule has 0 amide bonds. The molecule has 0 fully saturated rings. The molecule has 0 aromatic heterocycles. The van der Waals surface area contributed by atoms with Gasteiger partial charge in [0, 0.05) is 5.56 Å². The summed E-state index contributed by atoms with van der Waals surface area (Å²) in [5.41, 5.74) is 2.78. The zero-order valence-electron chi connectivity index (χ0n) is 9.49. The van der Waals surface area contributed by atoms with Crippen molar-refractivity contribution in [3.63, 3.8) is 0 Å². The van der Waals surface area contributed by atoms with Gasteiger partial charge < -0.3 is 5.11 Å². The normalized spacial score (nSPS) is 11.9. The van der Waals surface area contributed by atoms with E-state index in [1.807, 2.05) is 6.07 Å². The van der Waals surface area contributed by atoms with Crippen LogP contribution in [0.15, 0.2) is 6.07 Å². The van der Waals surface area contributed by atoms with Gasteiger partial charge >= 0.3 is 0 Å². The molecule has 0 aliphatic heterocycles. The summed E-state index contributed by atoms with van der Waals surface area (Å²) in [6, 6.07) is 1.89. The lowest BCUT2D eigenvalue weighted by atomic mass is 9.90. The summed E-state index contributed by atoms with van der Waals surface area (Å²) in [5.74, 6) is -3.15. The van der Waals surface area contributed by atoms with Crippen LogP contribution in [-0.2, 0) is 5.92 Å². The molecule has 0 atom stereocenters. The minimum Gasteiger partial charge on any atom is -0.390 e. The lowest BCUT2D eigenvalue weighted by Gasteiger charge is -2.21. The molecule has 0 saturated carbocycles. The molecule has 1 N–H and O–H groups in total. The van der Waals surface area contributed by atoms with Crippen molar-refractivity contribution in [1.82, 2.24) is 0 Å². The Balaban J connectivity index is 3.53. The van der Waals surface area contributed by atoms with Crippen LogP contribution < -0.4 is 0 Å². The molecule has 0 spiro atoms. The third-order valence-electron chi connectivity index (χ3n) is 2.93. The molecule has 0 saturated heterocycles. The van der Waals surface area contributed by atoms with Crippen molar-refractivity contribution in [2.24, 2.45) is 0 Å². The highest BCUT2D eigenvalue weighted by Gasteiger charge is 2.34. The van der Waals surface area contributed by atoms with E-state index >= 15 is 0 Å². The molecule has 1 nitrogen and oxygen atoms in total. The monoisotopic (exact) mass is 214 g/mol. The second-order valence-electron chi connectivity index (χ2n) is 4.00. The molecular formula is C12H16F2O. The first kappa shape index (κ1) is 12.1. The first-order valence-electron chi connectivity index (χ1n) is 4.88. The molecule has 15 heavy (non-hydrogen) atoms. The fraction of sp³-hybridized carbons (Fsp3) is 0.500. The first-order chi connectivity index (χ1) is 6.81. The number of aryl methyl sites for hydroxylation is 2. The van der Waals surface area contributed by atoms with E-state index in [4.69, 9.17) is 5.11 Å². The molecule has 0 bridgehead atoms. The zero-order valence-corrected chi connectivity index (χ0v) is 9.49. The highest BCUT2D eigenvalue weighted by atomic mass is 19.3. The molecule has 0 aliphatic carbocycles. The van der Waals surface area contributed by atoms with Crippen LogP contribution >= 0.6 is 0 Å². The van der Waals surface area contributed by atoms with Gasteiger partial charge in [0.25, 0.3) is 5.92 Å². The molecular weight excluding hydrogens is 198 g/mol. The third kappa shape index (κ3) is 2.02. The van der Waals surface area contributed by atoms with Gasteiger partial charge in [0.15, 0.2) is 0 Å². The molecule has 0 aliphatic rings. The number of rotatable bonds is 2. The highest BCUT2D eigenvalue weighted by molar-refractivity contribution is 5.46. The Morgan fingerprint density at radius 1 is 1.07 bits per heavy atom. The molecule has 1 aromatic carbocycles. The highest BCUT2D eigenvalue weighted by Crippen LogP contribution is 2.35. The summed E-state index contributed by atoms with van der Waals surface area (Å²) in [4.78, 5) is 0. The van der Waals surface area contributed by atoms with Crippen LogP contribution in [0.2, 0.25) is 0 Å². The molecule has 0 unspecified atom stereocenters. The van der Waals surface area contributed by atoms with Crippen molar-refractivity contribution in [3.8, 4) is 0 Å². The van der Waals surface area contributed by atoms with E-state index in [0.717, 1.165) is 11.1 Å². The quantitative estimate of drug-likeness (QED) is 0.802. The summed E-state index contributed by atoms with van der Waals surface area (Å²) in [6.07, 6.45) is 0. The van der Waals surface area contributed by atoms with E-state index < -0.39 is 12.5 Å². The van der Waals surface area contributed by atoms with Crippen LogP contribution in [-0.4, -0.2) is 11.7 Å². The van der Waals surface area contributed by atoms with E-state index in [1.54, 1.807) is 27.7 Å². The maximum absolute atomic E-state index is 13.5. The summed E-state index contributed by atoms with van der Waals surface area (Å²) in [5, 5.41) is 8.73. The van der Waals surface area contributed by atoms with Crippen LogP contribution in [0.5, 0.6) is 0 Å². The number of hydrogen-bond acceptors (Lipinski definition) is 1. The van der Waals surface area contributed by atoms with E-state index in [-0.39, 0.29) is 5.56 Å². The Morgan fingerprint density at radius 3 is 1.80 bits per heavy atom. The maximum Gasteiger partial charge on any atom is 0.296 e. The van der Waals surface area contributed by atoms with Crippen LogP contribution in [0.4, 0.5) is 8.78 Å². The zero-order chi connectivity index (χ0) is 11.8. The first-order valence-corrected chi connectivity index (χ1v) is 4.88. The standard InChI is InChI=1S/C12H16F2O/c1-7-5-8(2)10(4)11(9(7)3)12(13,14)6-15/h5,15H,6H2,1-4H3. The summed E-state index contributed by atoms with van der Waals surface area (Å²) >= 11 is 0. The van der Waals surface area contributed by atoms with E-state index in [2.05, 4.69) is 0 Å². The minimum atomic E-state index is -3.15. The topological polar surface area (TPSA) is 20.2 Å². The fourth-order valence-corrected chi connectivity index (χ4v) is 1.84. The van der Waals surface area contributed by atoms with Gasteiger partial charge in [0.2, 0.25) is 0 Å². The predicted molar refractivity (Wildman–Crippen MR) is 56.4 cm³/mol. The smallest absolute Gasteiger partial charge is 0.296 e. The summed E-state index contributed by atoms with van der Waals surface area (Å²) in [7, 11) is 0. The van der Waals surface area contributed by atoms with Crippen LogP contribution in [0, 0.1) is 27.7 Å². The van der Waals surface area contributed by atoms with Crippen molar-refractivity contribution in [3.05, 3.63) is 33.9 Å². The molecule has 1 aromatic rings. The second kappa shape index (κ2) is 3.89. The molecule has 1 rings (SSSR count). The number of hydrogen-bond donors (Lipinski definition) is 1. The van der Waals surface area contributed by atoms with Crippen molar-refractivity contribution in [2.45, 2.75) is 33.6 Å². The van der Waals surface area contributed by atoms with Crippen molar-refractivity contribution in [1.29, 1.82) is 0 Å². The van der Waals surface area contributed by atoms with Crippen molar-refractivity contribution in [2.75, 3.05) is 6.61 Å². The number of aliphatic hydroxyl groups is 1. The molecule has 0 radical (unpaired) electrons. The summed E-state index contributed by atoms with van der Waals surface area (Å²) < 4.78 is 27.0.